The standard InChI is InChI=1S/C15H26N2O2S/c1-4-10-16-14(9-7-12-20(18,19)5-2)15-13(3)8-6-11-17-15/h6,8,11,14,16H,4-5,7,9-10,12H2,1-3H3. The SMILES string of the molecule is CCCNC(CCCS(=O)(=O)CC)c1ncccc1C. The molecule has 4 nitrogen and oxygen atoms in total. The first-order chi connectivity index (χ1) is 9.50. The second kappa shape index (κ2) is 8.37. The molecule has 0 fully saturated rings. The van der Waals surface area contributed by atoms with E-state index >= 15 is 0 Å². The zero-order valence-corrected chi connectivity index (χ0v) is 13.5. The zero-order valence-electron chi connectivity index (χ0n) is 12.7. The van der Waals surface area contributed by atoms with Crippen molar-refractivity contribution in [1.29, 1.82) is 0 Å². The van der Waals surface area contributed by atoms with Crippen molar-refractivity contribution in [3.63, 3.8) is 0 Å². The van der Waals surface area contributed by atoms with Gasteiger partial charge in [0, 0.05) is 18.0 Å². The van der Waals surface area contributed by atoms with Gasteiger partial charge in [0.25, 0.3) is 0 Å². The van der Waals surface area contributed by atoms with Crippen molar-refractivity contribution in [2.45, 2.75) is 46.1 Å². The predicted octanol–water partition coefficient (Wildman–Crippen LogP) is 2.65. The Morgan fingerprint density at radius 2 is 2.10 bits per heavy atom. The van der Waals surface area contributed by atoms with Gasteiger partial charge in [-0.2, -0.15) is 0 Å². The average molecular weight is 298 g/mol. The Hall–Kier alpha value is -0.940. The molecule has 1 atom stereocenters. The van der Waals surface area contributed by atoms with Gasteiger partial charge in [0.15, 0.2) is 0 Å². The third-order valence-electron chi connectivity index (χ3n) is 3.41. The van der Waals surface area contributed by atoms with Crippen molar-refractivity contribution in [2.75, 3.05) is 18.1 Å². The Kier molecular flexibility index (Phi) is 7.16. The summed E-state index contributed by atoms with van der Waals surface area (Å²) in [5.74, 6) is 0.488. The maximum absolute atomic E-state index is 11.6. The number of rotatable bonds is 9. The van der Waals surface area contributed by atoms with Gasteiger partial charge >= 0.3 is 0 Å². The lowest BCUT2D eigenvalue weighted by Gasteiger charge is -2.19. The summed E-state index contributed by atoms with van der Waals surface area (Å²) >= 11 is 0. The molecule has 20 heavy (non-hydrogen) atoms. The van der Waals surface area contributed by atoms with Crippen LogP contribution in [0.3, 0.4) is 0 Å². The molecule has 0 aromatic carbocycles. The molecule has 0 amide bonds. The number of hydrogen-bond acceptors (Lipinski definition) is 4. The Balaban J connectivity index is 2.68. The van der Waals surface area contributed by atoms with Crippen LogP contribution >= 0.6 is 0 Å². The fraction of sp³-hybridized carbons (Fsp3) is 0.667. The van der Waals surface area contributed by atoms with Crippen LogP contribution < -0.4 is 5.32 Å². The number of pyridine rings is 1. The maximum atomic E-state index is 11.6. The van der Waals surface area contributed by atoms with Crippen LogP contribution in [0.15, 0.2) is 18.3 Å². The molecule has 0 aliphatic heterocycles. The number of hydrogen-bond donors (Lipinski definition) is 1. The van der Waals surface area contributed by atoms with Gasteiger partial charge in [-0.25, -0.2) is 8.42 Å². The molecule has 1 N–H and O–H groups in total. The lowest BCUT2D eigenvalue weighted by molar-refractivity contribution is 0.480. The Morgan fingerprint density at radius 1 is 1.35 bits per heavy atom. The van der Waals surface area contributed by atoms with Gasteiger partial charge in [0.05, 0.1) is 11.4 Å². The predicted molar refractivity (Wildman–Crippen MR) is 83.6 cm³/mol. The Morgan fingerprint density at radius 3 is 2.70 bits per heavy atom. The highest BCUT2D eigenvalue weighted by Gasteiger charge is 2.16. The number of nitrogens with one attached hydrogen (secondary N) is 1. The topological polar surface area (TPSA) is 59.1 Å². The summed E-state index contributed by atoms with van der Waals surface area (Å²) in [5, 5.41) is 3.47. The molecule has 0 saturated heterocycles. The molecule has 5 heteroatoms. The molecule has 0 bridgehead atoms. The molecule has 1 unspecified atom stereocenters. The summed E-state index contributed by atoms with van der Waals surface area (Å²) in [6.07, 6.45) is 4.33. The second-order valence-electron chi connectivity index (χ2n) is 5.09. The fourth-order valence-electron chi connectivity index (χ4n) is 2.17. The van der Waals surface area contributed by atoms with Gasteiger partial charge in [0.1, 0.15) is 9.84 Å². The van der Waals surface area contributed by atoms with Crippen molar-refractivity contribution >= 4 is 9.84 Å². The van der Waals surface area contributed by atoms with Crippen molar-refractivity contribution in [1.82, 2.24) is 10.3 Å². The Bertz CT molecular complexity index is 500. The summed E-state index contributed by atoms with van der Waals surface area (Å²) in [6, 6.07) is 4.12. The van der Waals surface area contributed by atoms with Crippen molar-refractivity contribution in [2.24, 2.45) is 0 Å². The highest BCUT2D eigenvalue weighted by molar-refractivity contribution is 7.91. The van der Waals surface area contributed by atoms with Crippen LogP contribution in [0.5, 0.6) is 0 Å². The van der Waals surface area contributed by atoms with Crippen LogP contribution in [0.25, 0.3) is 0 Å². The molecule has 1 rings (SSSR count). The van der Waals surface area contributed by atoms with Gasteiger partial charge in [-0.1, -0.05) is 19.9 Å². The third-order valence-corrected chi connectivity index (χ3v) is 5.20. The molecule has 1 heterocycles. The van der Waals surface area contributed by atoms with Gasteiger partial charge < -0.3 is 5.32 Å². The molecule has 0 aliphatic carbocycles. The number of aryl methyl sites for hydroxylation is 1. The average Bonchev–Trinajstić information content (AvgIpc) is 2.43. The van der Waals surface area contributed by atoms with E-state index in [0.29, 0.717) is 6.42 Å². The van der Waals surface area contributed by atoms with Crippen LogP contribution in [-0.4, -0.2) is 31.5 Å². The van der Waals surface area contributed by atoms with Crippen LogP contribution in [-0.2, 0) is 9.84 Å². The Labute approximate surface area is 122 Å². The van der Waals surface area contributed by atoms with Gasteiger partial charge in [-0.05, 0) is 44.4 Å². The van der Waals surface area contributed by atoms with E-state index < -0.39 is 9.84 Å². The second-order valence-corrected chi connectivity index (χ2v) is 7.56. The molecule has 0 spiro atoms. The van der Waals surface area contributed by atoms with E-state index in [1.165, 1.54) is 0 Å². The van der Waals surface area contributed by atoms with E-state index in [1.54, 1.807) is 13.1 Å². The number of nitrogens with zero attached hydrogens (tertiary/aromatic N) is 1. The summed E-state index contributed by atoms with van der Waals surface area (Å²) < 4.78 is 23.1. The maximum Gasteiger partial charge on any atom is 0.150 e. The fourth-order valence-corrected chi connectivity index (χ4v) is 3.06. The normalized spacial score (nSPS) is 13.3. The molecular formula is C15H26N2O2S. The number of sulfone groups is 1. The first kappa shape index (κ1) is 17.1. The van der Waals surface area contributed by atoms with Crippen LogP contribution in [0.1, 0.15) is 50.4 Å². The summed E-state index contributed by atoms with van der Waals surface area (Å²) in [5.41, 5.74) is 2.19. The van der Waals surface area contributed by atoms with Crippen molar-refractivity contribution in [3.8, 4) is 0 Å². The molecule has 0 aliphatic rings. The zero-order chi connectivity index (χ0) is 15.0. The molecule has 0 saturated carbocycles. The van der Waals surface area contributed by atoms with Gasteiger partial charge in [-0.3, -0.25) is 4.98 Å². The summed E-state index contributed by atoms with van der Waals surface area (Å²) in [4.78, 5) is 4.45. The number of aromatic nitrogens is 1. The molecule has 1 aromatic rings. The minimum Gasteiger partial charge on any atom is -0.309 e. The van der Waals surface area contributed by atoms with Crippen LogP contribution in [0.2, 0.25) is 0 Å². The van der Waals surface area contributed by atoms with E-state index in [4.69, 9.17) is 0 Å². The van der Waals surface area contributed by atoms with Gasteiger partial charge in [-0.15, -0.1) is 0 Å². The molecular weight excluding hydrogens is 272 g/mol. The minimum absolute atomic E-state index is 0.142. The quantitative estimate of drug-likeness (QED) is 0.761. The van der Waals surface area contributed by atoms with Crippen LogP contribution in [0.4, 0.5) is 0 Å². The first-order valence-corrected chi connectivity index (χ1v) is 9.17. The lowest BCUT2D eigenvalue weighted by atomic mass is 10.0. The van der Waals surface area contributed by atoms with E-state index in [-0.39, 0.29) is 17.5 Å². The molecule has 0 radical (unpaired) electrons. The highest BCUT2D eigenvalue weighted by atomic mass is 32.2. The minimum atomic E-state index is -2.88. The van der Waals surface area contributed by atoms with E-state index in [9.17, 15) is 8.42 Å². The monoisotopic (exact) mass is 298 g/mol. The highest BCUT2D eigenvalue weighted by Crippen LogP contribution is 2.20. The van der Waals surface area contributed by atoms with Crippen LogP contribution in [0, 0.1) is 6.92 Å². The molecule has 1 aromatic heterocycles. The molecule has 114 valence electrons. The van der Waals surface area contributed by atoms with E-state index in [0.717, 1.165) is 30.6 Å². The van der Waals surface area contributed by atoms with Crippen molar-refractivity contribution in [3.05, 3.63) is 29.6 Å². The van der Waals surface area contributed by atoms with E-state index in [2.05, 4.69) is 17.2 Å². The summed E-state index contributed by atoms with van der Waals surface area (Å²) in [6.45, 7) is 6.79. The van der Waals surface area contributed by atoms with Gasteiger partial charge in [0.2, 0.25) is 0 Å². The van der Waals surface area contributed by atoms with E-state index in [1.807, 2.05) is 19.1 Å². The largest absolute Gasteiger partial charge is 0.309 e. The lowest BCUT2D eigenvalue weighted by Crippen LogP contribution is -2.24. The smallest absolute Gasteiger partial charge is 0.150 e. The summed E-state index contributed by atoms with van der Waals surface area (Å²) in [7, 11) is -2.88. The first-order valence-electron chi connectivity index (χ1n) is 7.35. The third kappa shape index (κ3) is 5.59. The van der Waals surface area contributed by atoms with Crippen molar-refractivity contribution < 1.29 is 8.42 Å².